The van der Waals surface area contributed by atoms with Crippen molar-refractivity contribution in [1.82, 2.24) is 4.90 Å². The summed E-state index contributed by atoms with van der Waals surface area (Å²) >= 11 is 0. The molecule has 1 aromatic rings. The summed E-state index contributed by atoms with van der Waals surface area (Å²) in [7, 11) is 0. The molecule has 5 rings (SSSR count). The standard InChI is InChI=1S/C28H39NO3/c1-27(2)13-4-15-29(18-27)16-12-26(31)32-20-6-8-21-19(17-20)5-7-23-22(21)11-14-28(3)24(23)9-10-25(28)30/h6,8,17,22-24H,4-5,7,9-16,18H2,1-3H3/t22-,23-,24+,28+/m1/s1. The zero-order valence-electron chi connectivity index (χ0n) is 20.1. The number of ether oxygens (including phenoxy) is 1. The van der Waals surface area contributed by atoms with Gasteiger partial charge < -0.3 is 9.64 Å². The van der Waals surface area contributed by atoms with E-state index < -0.39 is 0 Å². The van der Waals surface area contributed by atoms with Crippen LogP contribution >= 0.6 is 0 Å². The van der Waals surface area contributed by atoms with Gasteiger partial charge in [-0.3, -0.25) is 9.59 Å². The Hall–Kier alpha value is -1.68. The van der Waals surface area contributed by atoms with E-state index in [-0.39, 0.29) is 11.4 Å². The summed E-state index contributed by atoms with van der Waals surface area (Å²) in [4.78, 5) is 27.5. The maximum atomic E-state index is 12.5. The predicted molar refractivity (Wildman–Crippen MR) is 126 cm³/mol. The third-order valence-corrected chi connectivity index (χ3v) is 9.25. The molecule has 0 aromatic heterocycles. The summed E-state index contributed by atoms with van der Waals surface area (Å²) in [6.45, 7) is 9.79. The molecule has 174 valence electrons. The molecule has 0 amide bonds. The van der Waals surface area contributed by atoms with Gasteiger partial charge in [-0.05, 0) is 97.9 Å². The molecule has 4 aliphatic rings. The highest BCUT2D eigenvalue weighted by atomic mass is 16.5. The minimum atomic E-state index is -0.125. The van der Waals surface area contributed by atoms with Crippen LogP contribution in [0.3, 0.4) is 0 Å². The minimum absolute atomic E-state index is 0.0717. The average molecular weight is 438 g/mol. The number of aryl methyl sites for hydroxylation is 1. The fourth-order valence-electron chi connectivity index (χ4n) is 7.56. The Morgan fingerprint density at radius 2 is 1.97 bits per heavy atom. The molecule has 0 N–H and O–H groups in total. The van der Waals surface area contributed by atoms with Gasteiger partial charge in [0.25, 0.3) is 0 Å². The van der Waals surface area contributed by atoms with Crippen LogP contribution in [0.4, 0.5) is 0 Å². The van der Waals surface area contributed by atoms with E-state index in [1.165, 1.54) is 24.0 Å². The van der Waals surface area contributed by atoms with Gasteiger partial charge >= 0.3 is 5.97 Å². The van der Waals surface area contributed by atoms with Crippen LogP contribution in [0.1, 0.15) is 89.2 Å². The van der Waals surface area contributed by atoms with E-state index >= 15 is 0 Å². The lowest BCUT2D eigenvalue weighted by atomic mass is 9.55. The van der Waals surface area contributed by atoms with Gasteiger partial charge in [0.1, 0.15) is 11.5 Å². The first-order valence-corrected chi connectivity index (χ1v) is 12.8. The Labute approximate surface area is 193 Å². The van der Waals surface area contributed by atoms with Crippen molar-refractivity contribution in [3.63, 3.8) is 0 Å². The Balaban J connectivity index is 1.21. The van der Waals surface area contributed by atoms with E-state index in [1.807, 2.05) is 6.07 Å². The van der Waals surface area contributed by atoms with Crippen LogP contribution in [0.25, 0.3) is 0 Å². The molecule has 32 heavy (non-hydrogen) atoms. The molecule has 0 bridgehead atoms. The first-order valence-electron chi connectivity index (χ1n) is 12.8. The lowest BCUT2D eigenvalue weighted by Crippen LogP contribution is -2.42. The molecule has 1 aliphatic heterocycles. The van der Waals surface area contributed by atoms with Crippen LogP contribution in [0, 0.1) is 22.7 Å². The number of fused-ring (bicyclic) bond motifs is 5. The molecule has 0 radical (unpaired) electrons. The van der Waals surface area contributed by atoms with Crippen molar-refractivity contribution in [2.24, 2.45) is 22.7 Å². The molecule has 2 saturated carbocycles. The predicted octanol–water partition coefficient (Wildman–Crippen LogP) is 5.53. The summed E-state index contributed by atoms with van der Waals surface area (Å²) in [6, 6.07) is 6.32. The monoisotopic (exact) mass is 437 g/mol. The SMILES string of the molecule is CC1(C)CCCN(CCC(=O)Oc2ccc3c(c2)CC[C@@H]2[C@@H]3CC[C@]3(C)C(=O)CC[C@@H]23)C1. The van der Waals surface area contributed by atoms with Gasteiger partial charge in [-0.1, -0.05) is 26.8 Å². The molecule has 1 aromatic carbocycles. The van der Waals surface area contributed by atoms with Gasteiger partial charge in [0.05, 0.1) is 6.42 Å². The molecule has 4 nitrogen and oxygen atoms in total. The number of ketones is 1. The van der Waals surface area contributed by atoms with Gasteiger partial charge in [0, 0.05) is 24.9 Å². The molecular weight excluding hydrogens is 398 g/mol. The van der Waals surface area contributed by atoms with Crippen molar-refractivity contribution >= 4 is 11.8 Å². The number of nitrogens with zero attached hydrogens (tertiary/aromatic N) is 1. The van der Waals surface area contributed by atoms with Crippen LogP contribution < -0.4 is 4.74 Å². The van der Waals surface area contributed by atoms with Gasteiger partial charge in [0.15, 0.2) is 0 Å². The van der Waals surface area contributed by atoms with Crippen molar-refractivity contribution in [3.8, 4) is 5.75 Å². The van der Waals surface area contributed by atoms with Crippen LogP contribution in [-0.2, 0) is 16.0 Å². The third kappa shape index (κ3) is 4.04. The maximum Gasteiger partial charge on any atom is 0.312 e. The Morgan fingerprint density at radius 3 is 2.78 bits per heavy atom. The molecule has 3 aliphatic carbocycles. The summed E-state index contributed by atoms with van der Waals surface area (Å²) in [5.41, 5.74) is 3.07. The van der Waals surface area contributed by atoms with E-state index in [1.54, 1.807) is 0 Å². The van der Waals surface area contributed by atoms with Gasteiger partial charge in [-0.25, -0.2) is 0 Å². The molecule has 0 spiro atoms. The minimum Gasteiger partial charge on any atom is -0.426 e. The zero-order chi connectivity index (χ0) is 22.5. The Kier molecular flexibility index (Phi) is 5.72. The number of carbonyl (C=O) groups excluding carboxylic acids is 2. The highest BCUT2D eigenvalue weighted by Gasteiger charge is 2.54. The summed E-state index contributed by atoms with van der Waals surface area (Å²) < 4.78 is 5.75. The van der Waals surface area contributed by atoms with E-state index in [4.69, 9.17) is 4.74 Å². The number of likely N-dealkylation sites (tertiary alicyclic amines) is 1. The number of hydrogen-bond donors (Lipinski definition) is 0. The molecule has 3 fully saturated rings. The quantitative estimate of drug-likeness (QED) is 0.459. The highest BCUT2D eigenvalue weighted by Crippen LogP contribution is 2.59. The fourth-order valence-corrected chi connectivity index (χ4v) is 7.56. The highest BCUT2D eigenvalue weighted by molar-refractivity contribution is 5.87. The second-order valence-electron chi connectivity index (χ2n) is 12.0. The van der Waals surface area contributed by atoms with Crippen molar-refractivity contribution in [1.29, 1.82) is 0 Å². The normalized spacial score (nSPS) is 33.8. The van der Waals surface area contributed by atoms with Crippen molar-refractivity contribution in [2.75, 3.05) is 19.6 Å². The zero-order valence-corrected chi connectivity index (χ0v) is 20.1. The Bertz CT molecular complexity index is 906. The molecule has 1 saturated heterocycles. The molecular formula is C28H39NO3. The molecule has 4 atom stereocenters. The number of carbonyl (C=O) groups is 2. The molecule has 0 unspecified atom stereocenters. The van der Waals surface area contributed by atoms with E-state index in [2.05, 4.69) is 37.8 Å². The third-order valence-electron chi connectivity index (χ3n) is 9.25. The smallest absolute Gasteiger partial charge is 0.312 e. The van der Waals surface area contributed by atoms with Gasteiger partial charge in [0.2, 0.25) is 0 Å². The van der Waals surface area contributed by atoms with Crippen LogP contribution in [0.15, 0.2) is 18.2 Å². The van der Waals surface area contributed by atoms with Crippen molar-refractivity contribution < 1.29 is 14.3 Å². The molecule has 1 heterocycles. The van der Waals surface area contributed by atoms with Crippen LogP contribution in [0.5, 0.6) is 5.75 Å². The summed E-state index contributed by atoms with van der Waals surface area (Å²) in [6.07, 6.45) is 9.12. The number of rotatable bonds is 4. The summed E-state index contributed by atoms with van der Waals surface area (Å²) in [5.74, 6) is 2.83. The van der Waals surface area contributed by atoms with Crippen molar-refractivity contribution in [3.05, 3.63) is 29.3 Å². The largest absolute Gasteiger partial charge is 0.426 e. The van der Waals surface area contributed by atoms with Gasteiger partial charge in [-0.15, -0.1) is 0 Å². The Morgan fingerprint density at radius 1 is 1.12 bits per heavy atom. The first kappa shape index (κ1) is 22.1. The first-order chi connectivity index (χ1) is 15.2. The van der Waals surface area contributed by atoms with E-state index in [9.17, 15) is 9.59 Å². The topological polar surface area (TPSA) is 46.6 Å². The number of Topliss-reactive ketones (excluding diaryl/α,β-unsaturated/α-hetero) is 1. The average Bonchev–Trinajstić information content (AvgIpc) is 3.06. The lowest BCUT2D eigenvalue weighted by Gasteiger charge is -2.48. The number of esters is 1. The fraction of sp³-hybridized carbons (Fsp3) is 0.714. The lowest BCUT2D eigenvalue weighted by molar-refractivity contribution is -0.135. The van der Waals surface area contributed by atoms with Gasteiger partial charge in [-0.2, -0.15) is 0 Å². The maximum absolute atomic E-state index is 12.5. The second kappa shape index (κ2) is 8.27. The number of hydrogen-bond acceptors (Lipinski definition) is 4. The van der Waals surface area contributed by atoms with Crippen LogP contribution in [-0.4, -0.2) is 36.3 Å². The van der Waals surface area contributed by atoms with E-state index in [0.29, 0.717) is 41.1 Å². The van der Waals surface area contributed by atoms with Crippen LogP contribution in [0.2, 0.25) is 0 Å². The second-order valence-corrected chi connectivity index (χ2v) is 12.0. The number of benzene rings is 1. The van der Waals surface area contributed by atoms with E-state index in [0.717, 1.165) is 58.2 Å². The summed E-state index contributed by atoms with van der Waals surface area (Å²) in [5, 5.41) is 0. The molecule has 4 heteroatoms. The van der Waals surface area contributed by atoms with Crippen molar-refractivity contribution in [2.45, 2.75) is 84.5 Å². The number of piperidine rings is 1.